The number of alkyl halides is 3. The van der Waals surface area contributed by atoms with Gasteiger partial charge in [-0.15, -0.1) is 0 Å². The molecule has 5 rings (SSSR count). The summed E-state index contributed by atoms with van der Waals surface area (Å²) >= 11 is 6.29. The minimum atomic E-state index is -4.94. The Morgan fingerprint density at radius 2 is 1.83 bits per heavy atom. The maximum Gasteiger partial charge on any atom is 0.416 e. The number of carbonyl (C=O) groups excluding carboxylic acids is 3. The van der Waals surface area contributed by atoms with Crippen molar-refractivity contribution >= 4 is 35.1 Å². The minimum absolute atomic E-state index is 0.0223. The average molecular weight is 605 g/mol. The highest BCUT2D eigenvalue weighted by atomic mass is 35.5. The third kappa shape index (κ3) is 5.93. The monoisotopic (exact) mass is 604 g/mol. The number of fused-ring (bicyclic) bond motifs is 1. The number of nitrogens with one attached hydrogen (secondary N) is 3. The lowest BCUT2D eigenvalue weighted by Crippen LogP contribution is -2.41. The third-order valence-electron chi connectivity index (χ3n) is 6.23. The number of pyridine rings is 1. The van der Waals surface area contributed by atoms with Crippen molar-refractivity contribution in [3.8, 4) is 0 Å². The lowest BCUT2D eigenvalue weighted by Gasteiger charge is -2.28. The largest absolute Gasteiger partial charge is 0.416 e. The van der Waals surface area contributed by atoms with Crippen LogP contribution in [-0.4, -0.2) is 32.3 Å². The van der Waals surface area contributed by atoms with Crippen LogP contribution in [0.1, 0.15) is 49.5 Å². The summed E-state index contributed by atoms with van der Waals surface area (Å²) in [5, 5.41) is 7.53. The van der Waals surface area contributed by atoms with E-state index in [1.54, 1.807) is 18.2 Å². The smallest absolute Gasteiger partial charge is 0.344 e. The molecule has 4 aromatic rings. The van der Waals surface area contributed by atoms with E-state index in [4.69, 9.17) is 11.6 Å². The number of anilines is 1. The molecule has 15 heteroatoms. The number of carbonyl (C=O) groups is 3. The van der Waals surface area contributed by atoms with Gasteiger partial charge < -0.3 is 20.5 Å². The van der Waals surface area contributed by atoms with Crippen LogP contribution in [-0.2, 0) is 24.1 Å². The molecule has 3 N–H and O–H groups in total. The first-order chi connectivity index (χ1) is 19.9. The second kappa shape index (κ2) is 11.2. The number of hydrogen-bond donors (Lipinski definition) is 3. The van der Waals surface area contributed by atoms with Crippen LogP contribution in [0, 0.1) is 11.6 Å². The Hall–Kier alpha value is -4.85. The van der Waals surface area contributed by atoms with E-state index in [0.717, 1.165) is 12.1 Å². The van der Waals surface area contributed by atoms with E-state index in [1.807, 2.05) is 0 Å². The lowest BCUT2D eigenvalue weighted by molar-refractivity contribution is -0.137. The molecule has 1 aliphatic rings. The molecule has 2 aromatic carbocycles. The Balaban J connectivity index is 1.58. The van der Waals surface area contributed by atoms with Crippen molar-refractivity contribution in [1.82, 2.24) is 25.2 Å². The number of rotatable bonds is 6. The molecule has 9 nitrogen and oxygen atoms in total. The van der Waals surface area contributed by atoms with Gasteiger partial charge in [-0.05, 0) is 48.5 Å². The lowest BCUT2D eigenvalue weighted by atomic mass is 10.0. The number of hydrogen-bond acceptors (Lipinski definition) is 5. The molecule has 0 aliphatic carbocycles. The molecule has 0 saturated heterocycles. The van der Waals surface area contributed by atoms with E-state index in [0.29, 0.717) is 17.8 Å². The van der Waals surface area contributed by atoms with Crippen LogP contribution < -0.4 is 16.0 Å². The molecule has 1 unspecified atom stereocenters. The maximum atomic E-state index is 14.2. The van der Waals surface area contributed by atoms with E-state index < -0.39 is 59.2 Å². The highest BCUT2D eigenvalue weighted by Gasteiger charge is 2.37. The Labute approximate surface area is 238 Å². The molecule has 2 aromatic heterocycles. The van der Waals surface area contributed by atoms with Gasteiger partial charge in [0.15, 0.2) is 5.82 Å². The fraction of sp³-hybridized carbons (Fsp3) is 0.148. The molecular formula is C27H18ClF5N6O3. The summed E-state index contributed by atoms with van der Waals surface area (Å²) in [6.45, 7) is -0.482. The van der Waals surface area contributed by atoms with Gasteiger partial charge in [-0.1, -0.05) is 17.7 Å². The van der Waals surface area contributed by atoms with E-state index in [2.05, 4.69) is 25.9 Å². The predicted molar refractivity (Wildman–Crippen MR) is 138 cm³/mol. The zero-order valence-electron chi connectivity index (χ0n) is 21.1. The van der Waals surface area contributed by atoms with Gasteiger partial charge in [0.05, 0.1) is 29.5 Å². The van der Waals surface area contributed by atoms with Gasteiger partial charge in [0.25, 0.3) is 11.8 Å². The minimum Gasteiger partial charge on any atom is -0.344 e. The zero-order valence-corrected chi connectivity index (χ0v) is 21.9. The fourth-order valence-electron chi connectivity index (χ4n) is 4.38. The van der Waals surface area contributed by atoms with Crippen molar-refractivity contribution in [2.75, 3.05) is 5.32 Å². The quantitative estimate of drug-likeness (QED) is 0.278. The first-order valence-electron chi connectivity index (χ1n) is 12.1. The molecular weight excluding hydrogens is 587 g/mol. The SMILES string of the molecule is O=C1Cn2c(C(=O)NCc3ccccn3)nc(NC(=O)c3cc(F)cc(C(F)(F)F)c3)c2C(c2cc(F)ccc2Cl)N1. The number of halogens is 6. The van der Waals surface area contributed by atoms with Crippen LogP contribution in [0.5, 0.6) is 0 Å². The number of nitrogens with zero attached hydrogens (tertiary/aromatic N) is 3. The molecule has 42 heavy (non-hydrogen) atoms. The van der Waals surface area contributed by atoms with Crippen molar-refractivity contribution in [2.45, 2.75) is 25.3 Å². The van der Waals surface area contributed by atoms with Gasteiger partial charge in [-0.25, -0.2) is 13.8 Å². The van der Waals surface area contributed by atoms with Crippen LogP contribution >= 0.6 is 11.6 Å². The normalized spacial score (nSPS) is 14.6. The van der Waals surface area contributed by atoms with E-state index >= 15 is 0 Å². The Morgan fingerprint density at radius 1 is 1.05 bits per heavy atom. The summed E-state index contributed by atoms with van der Waals surface area (Å²) in [4.78, 5) is 47.3. The average Bonchev–Trinajstić information content (AvgIpc) is 3.30. The van der Waals surface area contributed by atoms with E-state index in [9.17, 15) is 36.3 Å². The number of amides is 3. The predicted octanol–water partition coefficient (Wildman–Crippen LogP) is 4.63. The molecule has 3 amide bonds. The van der Waals surface area contributed by atoms with Crippen molar-refractivity contribution in [3.63, 3.8) is 0 Å². The molecule has 1 aliphatic heterocycles. The Kier molecular flexibility index (Phi) is 7.65. The van der Waals surface area contributed by atoms with E-state index in [1.165, 1.54) is 16.8 Å². The molecule has 0 spiro atoms. The summed E-state index contributed by atoms with van der Waals surface area (Å²) < 4.78 is 69.2. The third-order valence-corrected chi connectivity index (χ3v) is 6.58. The zero-order chi connectivity index (χ0) is 30.2. The molecule has 0 bridgehead atoms. The highest BCUT2D eigenvalue weighted by Crippen LogP contribution is 2.36. The number of imidazole rings is 1. The van der Waals surface area contributed by atoms with E-state index in [-0.39, 0.29) is 40.5 Å². The van der Waals surface area contributed by atoms with Crippen LogP contribution in [0.15, 0.2) is 60.8 Å². The molecule has 0 saturated carbocycles. The first-order valence-corrected chi connectivity index (χ1v) is 12.5. The maximum absolute atomic E-state index is 14.2. The van der Waals surface area contributed by atoms with Crippen molar-refractivity contribution in [3.05, 3.63) is 111 Å². The highest BCUT2D eigenvalue weighted by molar-refractivity contribution is 6.31. The van der Waals surface area contributed by atoms with Crippen LogP contribution in [0.4, 0.5) is 27.8 Å². The number of aromatic nitrogens is 3. The van der Waals surface area contributed by atoms with Gasteiger partial charge >= 0.3 is 6.18 Å². The molecule has 3 heterocycles. The Bertz CT molecular complexity index is 1710. The van der Waals surface area contributed by atoms with Gasteiger partial charge in [-0.3, -0.25) is 19.4 Å². The molecule has 0 radical (unpaired) electrons. The van der Waals surface area contributed by atoms with Crippen LogP contribution in [0.3, 0.4) is 0 Å². The van der Waals surface area contributed by atoms with Crippen LogP contribution in [0.2, 0.25) is 5.02 Å². The summed E-state index contributed by atoms with van der Waals surface area (Å²) in [5.41, 5.74) is -1.56. The summed E-state index contributed by atoms with van der Waals surface area (Å²) in [5.74, 6) is -5.31. The topological polar surface area (TPSA) is 118 Å². The fourth-order valence-corrected chi connectivity index (χ4v) is 4.61. The molecule has 1 atom stereocenters. The van der Waals surface area contributed by atoms with Crippen molar-refractivity contribution < 1.29 is 36.3 Å². The number of benzene rings is 2. The first kappa shape index (κ1) is 28.7. The summed E-state index contributed by atoms with van der Waals surface area (Å²) in [6, 6.07) is 8.41. The standard InChI is InChI=1S/C27H18ClF5N6O3/c28-19-5-4-15(29)10-18(19)21-22-23(38-25(41)13-7-14(27(31,32)33)9-16(30)8-13)37-24(39(22)12-20(40)36-21)26(42)35-11-17-3-1-2-6-34-17/h1-10,21H,11-12H2,(H,35,42)(H,36,40)(H,38,41). The molecule has 0 fully saturated rings. The summed E-state index contributed by atoms with van der Waals surface area (Å²) in [6.07, 6.45) is -3.42. The van der Waals surface area contributed by atoms with Gasteiger partial charge in [0.1, 0.15) is 18.2 Å². The molecule has 216 valence electrons. The van der Waals surface area contributed by atoms with Crippen molar-refractivity contribution in [2.24, 2.45) is 0 Å². The second-order valence-electron chi connectivity index (χ2n) is 9.11. The van der Waals surface area contributed by atoms with Gasteiger partial charge in [-0.2, -0.15) is 13.2 Å². The second-order valence-corrected chi connectivity index (χ2v) is 9.51. The van der Waals surface area contributed by atoms with Gasteiger partial charge in [0, 0.05) is 22.3 Å². The van der Waals surface area contributed by atoms with Gasteiger partial charge in [0.2, 0.25) is 11.7 Å². The Morgan fingerprint density at radius 3 is 2.55 bits per heavy atom. The van der Waals surface area contributed by atoms with Crippen LogP contribution in [0.25, 0.3) is 0 Å². The summed E-state index contributed by atoms with van der Waals surface area (Å²) in [7, 11) is 0. The van der Waals surface area contributed by atoms with Crippen molar-refractivity contribution in [1.29, 1.82) is 0 Å².